The summed E-state index contributed by atoms with van der Waals surface area (Å²) < 4.78 is 5.66. The number of hydrogen-bond donors (Lipinski definition) is 0. The average Bonchev–Trinajstić information content (AvgIpc) is 3.01. The molecule has 1 heterocycles. The third kappa shape index (κ3) is 2.15. The Kier molecular flexibility index (Phi) is 3.03. The van der Waals surface area contributed by atoms with Gasteiger partial charge in [-0.15, -0.1) is 0 Å². The number of benzene rings is 2. The van der Waals surface area contributed by atoms with Crippen LogP contribution in [0.4, 0.5) is 0 Å². The molecule has 0 radical (unpaired) electrons. The van der Waals surface area contributed by atoms with Gasteiger partial charge in [-0.1, -0.05) is 30.3 Å². The zero-order valence-electron chi connectivity index (χ0n) is 12.0. The van der Waals surface area contributed by atoms with E-state index in [9.17, 15) is 4.79 Å². The average molecular weight is 278 g/mol. The molecule has 0 saturated heterocycles. The summed E-state index contributed by atoms with van der Waals surface area (Å²) in [4.78, 5) is 12.9. The quantitative estimate of drug-likeness (QED) is 0.778. The SMILES string of the molecule is O=C(c1ccc2c(c1)CCC2)C1CCOc2ccccc21. The lowest BCUT2D eigenvalue weighted by Gasteiger charge is -2.25. The number of aryl methyl sites for hydroxylation is 2. The molecule has 21 heavy (non-hydrogen) atoms. The van der Waals surface area contributed by atoms with E-state index in [1.54, 1.807) is 0 Å². The van der Waals surface area contributed by atoms with Crippen molar-refractivity contribution in [1.82, 2.24) is 0 Å². The van der Waals surface area contributed by atoms with Crippen LogP contribution < -0.4 is 4.74 Å². The van der Waals surface area contributed by atoms with Crippen LogP contribution in [0.1, 0.15) is 45.8 Å². The molecule has 2 aromatic rings. The zero-order chi connectivity index (χ0) is 14.2. The third-order valence-corrected chi connectivity index (χ3v) is 4.66. The summed E-state index contributed by atoms with van der Waals surface area (Å²) >= 11 is 0. The Labute approximate surface area is 124 Å². The van der Waals surface area contributed by atoms with E-state index in [-0.39, 0.29) is 11.7 Å². The van der Waals surface area contributed by atoms with Crippen molar-refractivity contribution in [1.29, 1.82) is 0 Å². The first kappa shape index (κ1) is 12.6. The van der Waals surface area contributed by atoms with Gasteiger partial charge in [0, 0.05) is 11.1 Å². The Morgan fingerprint density at radius 3 is 2.86 bits per heavy atom. The van der Waals surface area contributed by atoms with Crippen LogP contribution in [-0.4, -0.2) is 12.4 Å². The van der Waals surface area contributed by atoms with E-state index >= 15 is 0 Å². The summed E-state index contributed by atoms with van der Waals surface area (Å²) in [5, 5.41) is 0. The fourth-order valence-electron chi connectivity index (χ4n) is 3.54. The van der Waals surface area contributed by atoms with Gasteiger partial charge in [-0.25, -0.2) is 0 Å². The molecule has 1 aliphatic carbocycles. The summed E-state index contributed by atoms with van der Waals surface area (Å²) in [5.41, 5.74) is 4.67. The zero-order valence-corrected chi connectivity index (χ0v) is 12.0. The van der Waals surface area contributed by atoms with Gasteiger partial charge in [-0.05, 0) is 48.9 Å². The number of para-hydroxylation sites is 1. The number of ketones is 1. The molecule has 0 N–H and O–H groups in total. The normalized spacial score (nSPS) is 19.5. The lowest BCUT2D eigenvalue weighted by atomic mass is 9.86. The maximum atomic E-state index is 12.9. The van der Waals surface area contributed by atoms with Crippen molar-refractivity contribution in [2.75, 3.05) is 6.61 Å². The standard InChI is InChI=1S/C19H18O2/c20-19(15-9-8-13-4-3-5-14(13)12-15)17-10-11-21-18-7-2-1-6-16(17)18/h1-2,6-9,12,17H,3-5,10-11H2. The molecule has 2 aromatic carbocycles. The van der Waals surface area contributed by atoms with Crippen LogP contribution in [0, 0.1) is 0 Å². The van der Waals surface area contributed by atoms with Crippen molar-refractivity contribution in [3.05, 3.63) is 64.7 Å². The number of Topliss-reactive ketones (excluding diaryl/α,β-unsaturated/α-hetero) is 1. The molecule has 2 heteroatoms. The molecule has 4 rings (SSSR count). The Morgan fingerprint density at radius 2 is 1.90 bits per heavy atom. The second kappa shape index (κ2) is 5.03. The predicted molar refractivity (Wildman–Crippen MR) is 82.1 cm³/mol. The number of carbonyl (C=O) groups is 1. The van der Waals surface area contributed by atoms with E-state index < -0.39 is 0 Å². The molecule has 0 fully saturated rings. The fourth-order valence-corrected chi connectivity index (χ4v) is 3.54. The first-order chi connectivity index (χ1) is 10.3. The first-order valence-electron chi connectivity index (χ1n) is 7.71. The summed E-state index contributed by atoms with van der Waals surface area (Å²) in [7, 11) is 0. The fraction of sp³-hybridized carbons (Fsp3) is 0.316. The smallest absolute Gasteiger partial charge is 0.170 e. The van der Waals surface area contributed by atoms with Crippen LogP contribution in [0.25, 0.3) is 0 Å². The molecule has 2 aliphatic rings. The van der Waals surface area contributed by atoms with Crippen LogP contribution in [0.5, 0.6) is 5.75 Å². The van der Waals surface area contributed by atoms with E-state index in [1.165, 1.54) is 17.5 Å². The molecule has 0 amide bonds. The molecular formula is C19H18O2. The second-order valence-electron chi connectivity index (χ2n) is 5.93. The van der Waals surface area contributed by atoms with Gasteiger partial charge in [0.25, 0.3) is 0 Å². The molecule has 0 aromatic heterocycles. The van der Waals surface area contributed by atoms with Gasteiger partial charge in [0.1, 0.15) is 5.75 Å². The lowest BCUT2D eigenvalue weighted by Crippen LogP contribution is -2.21. The summed E-state index contributed by atoms with van der Waals surface area (Å²) in [6, 6.07) is 14.2. The minimum Gasteiger partial charge on any atom is -0.493 e. The molecule has 1 aliphatic heterocycles. The Bertz CT molecular complexity index is 702. The van der Waals surface area contributed by atoms with Crippen molar-refractivity contribution in [3.8, 4) is 5.75 Å². The summed E-state index contributed by atoms with van der Waals surface area (Å²) in [6.07, 6.45) is 4.25. The van der Waals surface area contributed by atoms with Gasteiger partial charge in [0.15, 0.2) is 5.78 Å². The van der Waals surface area contributed by atoms with Gasteiger partial charge in [0.05, 0.1) is 12.5 Å². The van der Waals surface area contributed by atoms with E-state index in [0.29, 0.717) is 6.61 Å². The van der Waals surface area contributed by atoms with Crippen molar-refractivity contribution in [2.24, 2.45) is 0 Å². The van der Waals surface area contributed by atoms with Crippen LogP contribution in [0.2, 0.25) is 0 Å². The molecule has 0 spiro atoms. The highest BCUT2D eigenvalue weighted by molar-refractivity contribution is 6.01. The topological polar surface area (TPSA) is 26.3 Å². The van der Waals surface area contributed by atoms with Crippen LogP contribution in [0.3, 0.4) is 0 Å². The van der Waals surface area contributed by atoms with E-state index in [2.05, 4.69) is 12.1 Å². The summed E-state index contributed by atoms with van der Waals surface area (Å²) in [6.45, 7) is 0.623. The molecule has 0 saturated carbocycles. The van der Waals surface area contributed by atoms with E-state index in [0.717, 1.165) is 36.1 Å². The number of fused-ring (bicyclic) bond motifs is 2. The minimum absolute atomic E-state index is 0.0607. The highest BCUT2D eigenvalue weighted by Crippen LogP contribution is 2.36. The maximum Gasteiger partial charge on any atom is 0.170 e. The summed E-state index contributed by atoms with van der Waals surface area (Å²) in [5.74, 6) is 1.04. The first-order valence-corrected chi connectivity index (χ1v) is 7.71. The van der Waals surface area contributed by atoms with Crippen molar-refractivity contribution >= 4 is 5.78 Å². The number of carbonyl (C=O) groups excluding carboxylic acids is 1. The third-order valence-electron chi connectivity index (χ3n) is 4.66. The number of rotatable bonds is 2. The van der Waals surface area contributed by atoms with Crippen LogP contribution >= 0.6 is 0 Å². The van der Waals surface area contributed by atoms with Crippen molar-refractivity contribution in [3.63, 3.8) is 0 Å². The Morgan fingerprint density at radius 1 is 1.05 bits per heavy atom. The molecule has 1 unspecified atom stereocenters. The molecule has 1 atom stereocenters. The monoisotopic (exact) mass is 278 g/mol. The Hall–Kier alpha value is -2.09. The van der Waals surface area contributed by atoms with E-state index in [4.69, 9.17) is 4.74 Å². The van der Waals surface area contributed by atoms with Crippen molar-refractivity contribution < 1.29 is 9.53 Å². The largest absolute Gasteiger partial charge is 0.493 e. The maximum absolute atomic E-state index is 12.9. The van der Waals surface area contributed by atoms with Gasteiger partial charge in [-0.2, -0.15) is 0 Å². The minimum atomic E-state index is -0.0607. The van der Waals surface area contributed by atoms with E-state index in [1.807, 2.05) is 30.3 Å². The lowest BCUT2D eigenvalue weighted by molar-refractivity contribution is 0.0933. The van der Waals surface area contributed by atoms with Crippen LogP contribution in [0.15, 0.2) is 42.5 Å². The highest BCUT2D eigenvalue weighted by Gasteiger charge is 2.28. The predicted octanol–water partition coefficient (Wildman–Crippen LogP) is 3.92. The highest BCUT2D eigenvalue weighted by atomic mass is 16.5. The Balaban J connectivity index is 1.70. The van der Waals surface area contributed by atoms with Gasteiger partial charge >= 0.3 is 0 Å². The molecular weight excluding hydrogens is 260 g/mol. The van der Waals surface area contributed by atoms with Gasteiger partial charge in [-0.3, -0.25) is 4.79 Å². The number of ether oxygens (including phenoxy) is 1. The van der Waals surface area contributed by atoms with Crippen LogP contribution in [-0.2, 0) is 12.8 Å². The van der Waals surface area contributed by atoms with Gasteiger partial charge < -0.3 is 4.74 Å². The molecule has 0 bridgehead atoms. The van der Waals surface area contributed by atoms with Crippen molar-refractivity contribution in [2.45, 2.75) is 31.6 Å². The second-order valence-corrected chi connectivity index (χ2v) is 5.93. The van der Waals surface area contributed by atoms with Gasteiger partial charge in [0.2, 0.25) is 0 Å². The number of hydrogen-bond acceptors (Lipinski definition) is 2. The molecule has 2 nitrogen and oxygen atoms in total. The molecule has 106 valence electrons.